The van der Waals surface area contributed by atoms with E-state index in [1.807, 2.05) is 0 Å². The molecule has 2 heteroatoms. The van der Waals surface area contributed by atoms with Crippen LogP contribution in [0.4, 0.5) is 0 Å². The lowest BCUT2D eigenvalue weighted by molar-refractivity contribution is -0.104. The molecule has 0 amide bonds. The number of rotatable bonds is 4. The Kier molecular flexibility index (Phi) is 9.00. The molecule has 0 saturated heterocycles. The third kappa shape index (κ3) is 6.52. The van der Waals surface area contributed by atoms with Crippen LogP contribution < -0.4 is 0 Å². The number of carbonyl (C=O) groups excluding carboxylic acids is 2. The Labute approximate surface area is 161 Å². The van der Waals surface area contributed by atoms with E-state index < -0.39 is 0 Å². The van der Waals surface area contributed by atoms with E-state index in [1.54, 1.807) is 12.2 Å². The zero-order chi connectivity index (χ0) is 19.8. The van der Waals surface area contributed by atoms with Gasteiger partial charge >= 0.3 is 0 Å². The average Bonchev–Trinajstić information content (AvgIpc) is 2.53. The largest absolute Gasteiger partial charge is 0.299 e. The Morgan fingerprint density at radius 1 is 0.692 bits per heavy atom. The highest BCUT2D eigenvalue weighted by molar-refractivity contribution is 5.65. The van der Waals surface area contributed by atoms with Crippen LogP contribution in [0.25, 0.3) is 0 Å². The van der Waals surface area contributed by atoms with E-state index in [9.17, 15) is 9.59 Å². The van der Waals surface area contributed by atoms with Crippen LogP contribution in [0.1, 0.15) is 80.1 Å². The second-order valence-electron chi connectivity index (χ2n) is 9.81. The van der Waals surface area contributed by atoms with Crippen molar-refractivity contribution in [1.82, 2.24) is 0 Å². The van der Waals surface area contributed by atoms with E-state index in [-0.39, 0.29) is 0 Å². The second-order valence-corrected chi connectivity index (χ2v) is 9.81. The van der Waals surface area contributed by atoms with E-state index in [0.717, 1.165) is 24.4 Å². The van der Waals surface area contributed by atoms with Gasteiger partial charge in [0, 0.05) is 0 Å². The third-order valence-corrected chi connectivity index (χ3v) is 6.79. The minimum atomic E-state index is 0.372. The zero-order valence-corrected chi connectivity index (χ0v) is 17.8. The summed E-state index contributed by atoms with van der Waals surface area (Å²) in [6.45, 7) is 13.8. The lowest BCUT2D eigenvalue weighted by Gasteiger charge is -2.41. The van der Waals surface area contributed by atoms with Gasteiger partial charge in [-0.3, -0.25) is 9.59 Å². The maximum Gasteiger partial charge on any atom is 0.142 e. The first-order valence-corrected chi connectivity index (χ1v) is 10.4. The molecule has 0 N–H and O–H groups in total. The number of carbonyl (C=O) groups is 2. The first-order valence-electron chi connectivity index (χ1n) is 10.4. The molecule has 1 unspecified atom stereocenters. The molecule has 2 nitrogen and oxygen atoms in total. The Morgan fingerprint density at radius 3 is 1.31 bits per heavy atom. The summed E-state index contributed by atoms with van der Waals surface area (Å²) in [6, 6.07) is 0. The van der Waals surface area contributed by atoms with Crippen LogP contribution >= 0.6 is 0 Å². The van der Waals surface area contributed by atoms with Crippen molar-refractivity contribution < 1.29 is 9.59 Å². The van der Waals surface area contributed by atoms with Gasteiger partial charge in [0.2, 0.25) is 0 Å². The van der Waals surface area contributed by atoms with Crippen LogP contribution in [-0.2, 0) is 9.59 Å². The Hall–Kier alpha value is -1.18. The normalized spacial score (nSPS) is 33.5. The molecular weight excluding hydrogens is 320 g/mol. The van der Waals surface area contributed by atoms with Crippen LogP contribution in [0.5, 0.6) is 0 Å². The van der Waals surface area contributed by atoms with Gasteiger partial charge in [0.05, 0.1) is 0 Å². The molecule has 2 fully saturated rings. The lowest BCUT2D eigenvalue weighted by atomic mass is 9.64. The van der Waals surface area contributed by atoms with Crippen molar-refractivity contribution in [1.29, 1.82) is 0 Å². The fourth-order valence-electron chi connectivity index (χ4n) is 5.22. The molecule has 2 rings (SSSR count). The summed E-state index contributed by atoms with van der Waals surface area (Å²) in [5.41, 5.74) is 0.744. The van der Waals surface area contributed by atoms with Gasteiger partial charge in [-0.15, -0.1) is 0 Å². The summed E-state index contributed by atoms with van der Waals surface area (Å²) in [7, 11) is 0. The van der Waals surface area contributed by atoms with Gasteiger partial charge in [0.15, 0.2) is 0 Å². The molecule has 4 atom stereocenters. The first-order chi connectivity index (χ1) is 12.2. The fraction of sp³-hybridized carbons (Fsp3) is 0.750. The van der Waals surface area contributed by atoms with Crippen LogP contribution in [-0.4, -0.2) is 12.6 Å². The highest BCUT2D eigenvalue weighted by Crippen LogP contribution is 2.45. The standard InChI is InChI=1S/2C12H20O/c2*1-10-6-4-8-12(2,3)11(10)7-5-9-13/h2*5,7,9-11H,4,6,8H2,1-3H3/b2*7-5+/t10-,11?;10-,11-/m00/s1. The summed E-state index contributed by atoms with van der Waals surface area (Å²) < 4.78 is 0. The molecule has 0 aromatic carbocycles. The molecule has 26 heavy (non-hydrogen) atoms. The van der Waals surface area contributed by atoms with E-state index in [0.29, 0.717) is 22.7 Å². The molecule has 2 saturated carbocycles. The molecule has 0 aromatic rings. The Bertz CT molecular complexity index is 452. The van der Waals surface area contributed by atoms with E-state index in [2.05, 4.69) is 53.7 Å². The smallest absolute Gasteiger partial charge is 0.142 e. The van der Waals surface area contributed by atoms with Crippen molar-refractivity contribution in [3.05, 3.63) is 24.3 Å². The maximum absolute atomic E-state index is 10.3. The third-order valence-electron chi connectivity index (χ3n) is 6.79. The van der Waals surface area contributed by atoms with Crippen LogP contribution in [0, 0.1) is 34.5 Å². The second kappa shape index (κ2) is 10.2. The van der Waals surface area contributed by atoms with Crippen molar-refractivity contribution in [2.45, 2.75) is 80.1 Å². The molecule has 0 aliphatic heterocycles. The van der Waals surface area contributed by atoms with Gasteiger partial charge in [-0.05, 0) is 59.5 Å². The molecule has 2 aliphatic carbocycles. The topological polar surface area (TPSA) is 34.1 Å². The quantitative estimate of drug-likeness (QED) is 0.429. The SMILES string of the molecule is C[C@H]1CCCC(C)(C)C1/C=C/C=O.C[C@H]1CCCC(C)(C)[C@H]1/C=C/C=O. The highest BCUT2D eigenvalue weighted by atomic mass is 16.1. The molecule has 0 aromatic heterocycles. The molecule has 0 radical (unpaired) electrons. The van der Waals surface area contributed by atoms with Crippen molar-refractivity contribution >= 4 is 12.6 Å². The molecule has 148 valence electrons. The Morgan fingerprint density at radius 2 is 1.04 bits per heavy atom. The van der Waals surface area contributed by atoms with Gasteiger partial charge in [0.25, 0.3) is 0 Å². The highest BCUT2D eigenvalue weighted by Gasteiger charge is 2.35. The minimum absolute atomic E-state index is 0.372. The van der Waals surface area contributed by atoms with Crippen molar-refractivity contribution in [3.8, 4) is 0 Å². The number of allylic oxidation sites excluding steroid dienone is 4. The summed E-state index contributed by atoms with van der Waals surface area (Å²) >= 11 is 0. The predicted octanol–water partition coefficient (Wildman–Crippen LogP) is 6.41. The minimum Gasteiger partial charge on any atom is -0.299 e. The van der Waals surface area contributed by atoms with Gasteiger partial charge in [-0.1, -0.05) is 79.4 Å². The molecule has 0 bridgehead atoms. The summed E-state index contributed by atoms with van der Waals surface area (Å²) in [4.78, 5) is 20.6. The van der Waals surface area contributed by atoms with Gasteiger partial charge in [-0.2, -0.15) is 0 Å². The van der Waals surface area contributed by atoms with Crippen LogP contribution in [0.15, 0.2) is 24.3 Å². The molecule has 0 heterocycles. The summed E-state index contributed by atoms with van der Waals surface area (Å²) in [5.74, 6) is 2.60. The average molecular weight is 361 g/mol. The zero-order valence-electron chi connectivity index (χ0n) is 17.8. The van der Waals surface area contributed by atoms with Crippen LogP contribution in [0.2, 0.25) is 0 Å². The van der Waals surface area contributed by atoms with E-state index in [4.69, 9.17) is 0 Å². The van der Waals surface area contributed by atoms with E-state index in [1.165, 1.54) is 38.5 Å². The van der Waals surface area contributed by atoms with Crippen LogP contribution in [0.3, 0.4) is 0 Å². The maximum atomic E-state index is 10.3. The van der Waals surface area contributed by atoms with Gasteiger partial charge in [-0.25, -0.2) is 0 Å². The number of hydrogen-bond donors (Lipinski definition) is 0. The van der Waals surface area contributed by atoms with Crippen molar-refractivity contribution in [2.24, 2.45) is 34.5 Å². The first kappa shape index (κ1) is 22.9. The Balaban J connectivity index is 0.000000260. The van der Waals surface area contributed by atoms with Gasteiger partial charge < -0.3 is 0 Å². The summed E-state index contributed by atoms with van der Waals surface area (Å²) in [6.07, 6.45) is 17.1. The van der Waals surface area contributed by atoms with Gasteiger partial charge in [0.1, 0.15) is 12.6 Å². The monoisotopic (exact) mass is 360 g/mol. The molecule has 2 aliphatic rings. The fourth-order valence-corrected chi connectivity index (χ4v) is 5.22. The molecular formula is C24H40O2. The number of hydrogen-bond acceptors (Lipinski definition) is 2. The predicted molar refractivity (Wildman–Crippen MR) is 111 cm³/mol. The van der Waals surface area contributed by atoms with Crippen molar-refractivity contribution in [3.63, 3.8) is 0 Å². The van der Waals surface area contributed by atoms with Crippen molar-refractivity contribution in [2.75, 3.05) is 0 Å². The lowest BCUT2D eigenvalue weighted by Crippen LogP contribution is -2.32. The van der Waals surface area contributed by atoms with E-state index >= 15 is 0 Å². The summed E-state index contributed by atoms with van der Waals surface area (Å²) in [5, 5.41) is 0. The number of aldehydes is 2. The molecule has 0 spiro atoms.